The van der Waals surface area contributed by atoms with E-state index in [9.17, 15) is 9.59 Å². The maximum atomic E-state index is 10.9. The Bertz CT molecular complexity index is 236. The van der Waals surface area contributed by atoms with Crippen molar-refractivity contribution in [2.24, 2.45) is 11.3 Å². The van der Waals surface area contributed by atoms with Gasteiger partial charge in [-0.1, -0.05) is 6.42 Å². The maximum Gasteiger partial charge on any atom is 0.309 e. The molecule has 13 heavy (non-hydrogen) atoms. The number of hydrogen-bond acceptors (Lipinski definition) is 2. The Hall–Kier alpha value is -1.06. The highest BCUT2D eigenvalue weighted by Gasteiger charge is 2.40. The Labute approximate surface area is 76.6 Å². The molecule has 1 saturated carbocycles. The minimum Gasteiger partial charge on any atom is -0.481 e. The first-order valence-corrected chi connectivity index (χ1v) is 4.42. The van der Waals surface area contributed by atoms with Crippen LogP contribution >= 0.6 is 0 Å². The van der Waals surface area contributed by atoms with E-state index in [1.807, 2.05) is 0 Å². The minimum atomic E-state index is -0.876. The van der Waals surface area contributed by atoms with Crippen LogP contribution in [-0.2, 0) is 9.59 Å². The van der Waals surface area contributed by atoms with Crippen LogP contribution < -0.4 is 0 Å². The number of aliphatic carboxylic acids is 2. The molecule has 2 atom stereocenters. The topological polar surface area (TPSA) is 74.6 Å². The van der Waals surface area contributed by atoms with Gasteiger partial charge in [-0.05, 0) is 26.2 Å². The molecule has 1 rings (SSSR count). The molecule has 0 heterocycles. The van der Waals surface area contributed by atoms with Crippen molar-refractivity contribution in [3.05, 3.63) is 0 Å². The van der Waals surface area contributed by atoms with E-state index >= 15 is 0 Å². The van der Waals surface area contributed by atoms with Gasteiger partial charge in [-0.15, -0.1) is 0 Å². The predicted molar refractivity (Wildman–Crippen MR) is 45.3 cm³/mol. The van der Waals surface area contributed by atoms with Gasteiger partial charge in [0.25, 0.3) is 0 Å². The first kappa shape index (κ1) is 10.0. The molecule has 74 valence electrons. The monoisotopic (exact) mass is 186 g/mol. The second-order valence-electron chi connectivity index (χ2n) is 4.00. The average Bonchev–Trinajstić information content (AvgIpc) is 2.04. The van der Waals surface area contributed by atoms with Crippen LogP contribution in [0.15, 0.2) is 0 Å². The van der Waals surface area contributed by atoms with Gasteiger partial charge in [-0.2, -0.15) is 0 Å². The predicted octanol–water partition coefficient (Wildman–Crippen LogP) is 1.35. The second-order valence-corrected chi connectivity index (χ2v) is 4.00. The third kappa shape index (κ3) is 1.99. The Balaban J connectivity index is 2.71. The van der Waals surface area contributed by atoms with Gasteiger partial charge in [0.15, 0.2) is 0 Å². The van der Waals surface area contributed by atoms with E-state index in [1.165, 1.54) is 0 Å². The zero-order valence-electron chi connectivity index (χ0n) is 7.62. The number of rotatable bonds is 2. The fourth-order valence-corrected chi connectivity index (χ4v) is 1.89. The van der Waals surface area contributed by atoms with Crippen molar-refractivity contribution in [2.45, 2.75) is 32.6 Å². The van der Waals surface area contributed by atoms with Crippen molar-refractivity contribution in [3.8, 4) is 0 Å². The van der Waals surface area contributed by atoms with Crippen LogP contribution in [0.4, 0.5) is 0 Å². The summed E-state index contributed by atoms with van der Waals surface area (Å²) in [7, 11) is 0. The summed E-state index contributed by atoms with van der Waals surface area (Å²) in [6.45, 7) is 1.63. The summed E-state index contributed by atoms with van der Waals surface area (Å²) in [6, 6.07) is 0. The Morgan fingerprint density at radius 3 is 2.46 bits per heavy atom. The number of carboxylic acid groups (broad SMARTS) is 2. The van der Waals surface area contributed by atoms with Crippen LogP contribution in [0.3, 0.4) is 0 Å². The molecule has 0 aromatic heterocycles. The molecule has 0 amide bonds. The van der Waals surface area contributed by atoms with Gasteiger partial charge in [0.2, 0.25) is 0 Å². The van der Waals surface area contributed by atoms with Gasteiger partial charge >= 0.3 is 11.9 Å². The van der Waals surface area contributed by atoms with Crippen LogP contribution in [0.5, 0.6) is 0 Å². The van der Waals surface area contributed by atoms with E-state index in [2.05, 4.69) is 0 Å². The van der Waals surface area contributed by atoms with Gasteiger partial charge in [0.05, 0.1) is 11.3 Å². The summed E-state index contributed by atoms with van der Waals surface area (Å²) in [5.74, 6) is -2.22. The maximum absolute atomic E-state index is 10.9. The molecular weight excluding hydrogens is 172 g/mol. The van der Waals surface area contributed by atoms with E-state index in [4.69, 9.17) is 10.2 Å². The first-order valence-electron chi connectivity index (χ1n) is 4.42. The zero-order valence-corrected chi connectivity index (χ0v) is 7.62. The Morgan fingerprint density at radius 2 is 2.00 bits per heavy atom. The lowest BCUT2D eigenvalue weighted by Crippen LogP contribution is -2.36. The van der Waals surface area contributed by atoms with Crippen LogP contribution in [0.1, 0.15) is 32.6 Å². The highest BCUT2D eigenvalue weighted by atomic mass is 16.4. The molecule has 4 nitrogen and oxygen atoms in total. The molecule has 0 aliphatic heterocycles. The molecule has 0 spiro atoms. The number of carboxylic acids is 2. The van der Waals surface area contributed by atoms with Crippen molar-refractivity contribution < 1.29 is 19.8 Å². The summed E-state index contributed by atoms with van der Waals surface area (Å²) < 4.78 is 0. The summed E-state index contributed by atoms with van der Waals surface area (Å²) in [5.41, 5.74) is -0.832. The van der Waals surface area contributed by atoms with Gasteiger partial charge in [-0.3, -0.25) is 9.59 Å². The van der Waals surface area contributed by atoms with Gasteiger partial charge in [-0.25, -0.2) is 0 Å². The van der Waals surface area contributed by atoms with Crippen LogP contribution in [0.2, 0.25) is 0 Å². The standard InChI is InChI=1S/C9H14O4/c1-9(8(12)13)4-2-3-6(5-9)7(10)11/h6H,2-5H2,1H3,(H,10,11)(H,12,13). The molecule has 0 bridgehead atoms. The molecule has 0 saturated heterocycles. The molecule has 1 fully saturated rings. The van der Waals surface area contributed by atoms with E-state index in [0.29, 0.717) is 19.3 Å². The highest BCUT2D eigenvalue weighted by Crippen LogP contribution is 2.39. The molecule has 2 unspecified atom stereocenters. The van der Waals surface area contributed by atoms with Crippen molar-refractivity contribution >= 4 is 11.9 Å². The quantitative estimate of drug-likeness (QED) is 0.682. The van der Waals surface area contributed by atoms with E-state index in [-0.39, 0.29) is 6.42 Å². The van der Waals surface area contributed by atoms with Crippen LogP contribution in [0, 0.1) is 11.3 Å². The first-order chi connectivity index (χ1) is 5.96. The summed E-state index contributed by atoms with van der Waals surface area (Å²) >= 11 is 0. The lowest BCUT2D eigenvalue weighted by molar-refractivity contribution is -0.154. The second kappa shape index (κ2) is 3.36. The average molecular weight is 186 g/mol. The highest BCUT2D eigenvalue weighted by molar-refractivity contribution is 5.77. The third-order valence-electron chi connectivity index (χ3n) is 2.84. The number of hydrogen-bond donors (Lipinski definition) is 2. The van der Waals surface area contributed by atoms with Gasteiger partial charge in [0, 0.05) is 0 Å². The summed E-state index contributed by atoms with van der Waals surface area (Å²) in [5, 5.41) is 17.7. The summed E-state index contributed by atoms with van der Waals surface area (Å²) in [6.07, 6.45) is 2.15. The molecule has 0 aromatic carbocycles. The fourth-order valence-electron chi connectivity index (χ4n) is 1.89. The SMILES string of the molecule is CC1(C(=O)O)CCCC(C(=O)O)C1. The molecule has 2 N–H and O–H groups in total. The Kier molecular flexibility index (Phi) is 2.59. The largest absolute Gasteiger partial charge is 0.481 e. The van der Waals surface area contributed by atoms with Gasteiger partial charge in [0.1, 0.15) is 0 Å². The van der Waals surface area contributed by atoms with Crippen LogP contribution in [-0.4, -0.2) is 22.2 Å². The van der Waals surface area contributed by atoms with Gasteiger partial charge < -0.3 is 10.2 Å². The lowest BCUT2D eigenvalue weighted by Gasteiger charge is -2.32. The molecule has 1 aliphatic rings. The minimum absolute atomic E-state index is 0.262. The molecule has 1 aliphatic carbocycles. The molecule has 0 aromatic rings. The third-order valence-corrected chi connectivity index (χ3v) is 2.84. The summed E-state index contributed by atoms with van der Waals surface area (Å²) in [4.78, 5) is 21.5. The van der Waals surface area contributed by atoms with Crippen molar-refractivity contribution in [2.75, 3.05) is 0 Å². The molecule has 4 heteroatoms. The van der Waals surface area contributed by atoms with E-state index in [0.717, 1.165) is 0 Å². The smallest absolute Gasteiger partial charge is 0.309 e. The normalized spacial score (nSPS) is 34.1. The number of carbonyl (C=O) groups is 2. The lowest BCUT2D eigenvalue weighted by atomic mass is 9.71. The van der Waals surface area contributed by atoms with Crippen molar-refractivity contribution in [1.82, 2.24) is 0 Å². The zero-order chi connectivity index (χ0) is 10.1. The van der Waals surface area contributed by atoms with E-state index in [1.54, 1.807) is 6.92 Å². The Morgan fingerprint density at radius 1 is 1.38 bits per heavy atom. The van der Waals surface area contributed by atoms with Crippen molar-refractivity contribution in [3.63, 3.8) is 0 Å². The van der Waals surface area contributed by atoms with Crippen LogP contribution in [0.25, 0.3) is 0 Å². The fraction of sp³-hybridized carbons (Fsp3) is 0.778. The van der Waals surface area contributed by atoms with Crippen molar-refractivity contribution in [1.29, 1.82) is 0 Å². The van der Waals surface area contributed by atoms with E-state index < -0.39 is 23.3 Å². The molecule has 0 radical (unpaired) electrons. The molecular formula is C9H14O4.